The summed E-state index contributed by atoms with van der Waals surface area (Å²) in [6.45, 7) is 5.43. The maximum absolute atomic E-state index is 9.91. The molecule has 0 aliphatic carbocycles. The summed E-state index contributed by atoms with van der Waals surface area (Å²) in [7, 11) is 0. The monoisotopic (exact) mass is 380 g/mol. The zero-order valence-corrected chi connectivity index (χ0v) is 16.3. The Labute approximate surface area is 165 Å². The van der Waals surface area contributed by atoms with E-state index in [1.54, 1.807) is 0 Å². The molecule has 1 aliphatic heterocycles. The van der Waals surface area contributed by atoms with E-state index in [1.165, 1.54) is 18.4 Å². The molecular weight excluding hydrogens is 352 g/mol. The van der Waals surface area contributed by atoms with Gasteiger partial charge in [-0.25, -0.2) is 0 Å². The van der Waals surface area contributed by atoms with Gasteiger partial charge >= 0.3 is 0 Å². The van der Waals surface area contributed by atoms with Crippen molar-refractivity contribution in [1.29, 1.82) is 0 Å². The van der Waals surface area contributed by atoms with Crippen LogP contribution in [0.15, 0.2) is 48.7 Å². The molecule has 1 aromatic heterocycles. The number of likely N-dealkylation sites (tertiary alicyclic amines) is 1. The molecule has 1 aliphatic rings. The number of aliphatic hydroxyl groups is 1. The number of aromatic amines is 1. The van der Waals surface area contributed by atoms with Crippen molar-refractivity contribution in [2.24, 2.45) is 0 Å². The van der Waals surface area contributed by atoms with Gasteiger partial charge in [-0.1, -0.05) is 24.3 Å². The van der Waals surface area contributed by atoms with E-state index in [0.29, 0.717) is 12.6 Å². The Morgan fingerprint density at radius 2 is 2.14 bits per heavy atom. The number of ether oxygens (including phenoxy) is 1. The van der Waals surface area contributed by atoms with Crippen LogP contribution in [0.3, 0.4) is 0 Å². The molecule has 6 heteroatoms. The Hall–Kier alpha value is -2.41. The van der Waals surface area contributed by atoms with Crippen molar-refractivity contribution in [3.63, 3.8) is 0 Å². The highest BCUT2D eigenvalue weighted by Crippen LogP contribution is 2.22. The minimum Gasteiger partial charge on any atom is -0.381 e. The lowest BCUT2D eigenvalue weighted by atomic mass is 10.0. The molecule has 0 radical (unpaired) electrons. The second-order valence-corrected chi connectivity index (χ2v) is 7.44. The summed E-state index contributed by atoms with van der Waals surface area (Å²) >= 11 is 0. The molecule has 2 heterocycles. The average molecular weight is 380 g/mol. The molecule has 4 rings (SSSR count). The third-order valence-corrected chi connectivity index (χ3v) is 5.31. The number of anilines is 1. The Balaban J connectivity index is 1.34. The first kappa shape index (κ1) is 18.9. The molecule has 2 unspecified atom stereocenters. The molecule has 2 atom stereocenters. The third-order valence-electron chi connectivity index (χ3n) is 5.31. The fourth-order valence-corrected chi connectivity index (χ4v) is 3.89. The molecule has 6 nitrogen and oxygen atoms in total. The molecule has 3 N–H and O–H groups in total. The standard InChI is InChI=1S/C22H28N4O2/c1-2-28-22(27)17-7-5-16(6-8-17)14-26-11-3-4-20(15-26)24-19-9-10-21-18(12-19)13-23-25-21/h5-10,12-13,20,22,24,27H,2-4,11,14-15H2,1H3,(H,23,25). The number of aromatic nitrogens is 2. The molecule has 0 saturated carbocycles. The SMILES string of the molecule is CCOC(O)c1ccc(CN2CCCC(Nc3ccc4[nH]ncc4c3)C2)cc1. The van der Waals surface area contributed by atoms with E-state index in [1.807, 2.05) is 25.3 Å². The van der Waals surface area contributed by atoms with Gasteiger partial charge in [-0.2, -0.15) is 5.10 Å². The van der Waals surface area contributed by atoms with Crippen LogP contribution in [0.4, 0.5) is 5.69 Å². The summed E-state index contributed by atoms with van der Waals surface area (Å²) in [5.74, 6) is 0. The molecule has 1 fully saturated rings. The van der Waals surface area contributed by atoms with Crippen LogP contribution in [0.1, 0.15) is 37.2 Å². The molecule has 28 heavy (non-hydrogen) atoms. The maximum atomic E-state index is 9.91. The quantitative estimate of drug-likeness (QED) is 0.546. The van der Waals surface area contributed by atoms with Crippen molar-refractivity contribution in [2.45, 2.75) is 38.6 Å². The van der Waals surface area contributed by atoms with Crippen molar-refractivity contribution in [3.8, 4) is 0 Å². The van der Waals surface area contributed by atoms with Crippen LogP contribution in [0.5, 0.6) is 0 Å². The van der Waals surface area contributed by atoms with Gasteiger partial charge in [0.15, 0.2) is 6.29 Å². The molecule has 0 bridgehead atoms. The zero-order valence-electron chi connectivity index (χ0n) is 16.3. The number of nitrogens with zero attached hydrogens (tertiary/aromatic N) is 2. The van der Waals surface area contributed by atoms with Crippen molar-refractivity contribution < 1.29 is 9.84 Å². The van der Waals surface area contributed by atoms with E-state index in [4.69, 9.17) is 4.74 Å². The number of hydrogen-bond acceptors (Lipinski definition) is 5. The van der Waals surface area contributed by atoms with E-state index >= 15 is 0 Å². The Bertz CT molecular complexity index is 893. The first-order valence-electron chi connectivity index (χ1n) is 10.0. The summed E-state index contributed by atoms with van der Waals surface area (Å²) in [5, 5.41) is 21.8. The van der Waals surface area contributed by atoms with E-state index in [0.717, 1.165) is 41.8 Å². The van der Waals surface area contributed by atoms with Crippen molar-refractivity contribution in [3.05, 3.63) is 59.8 Å². The Morgan fingerprint density at radius 1 is 1.29 bits per heavy atom. The minimum atomic E-state index is -0.838. The third kappa shape index (κ3) is 4.52. The molecular formula is C22H28N4O2. The number of rotatable bonds is 7. The van der Waals surface area contributed by atoms with Gasteiger partial charge in [-0.15, -0.1) is 0 Å². The fourth-order valence-electron chi connectivity index (χ4n) is 3.89. The normalized spacial score (nSPS) is 19.0. The fraction of sp³-hybridized carbons (Fsp3) is 0.409. The van der Waals surface area contributed by atoms with Crippen molar-refractivity contribution >= 4 is 16.6 Å². The number of benzene rings is 2. The molecule has 0 spiro atoms. The van der Waals surface area contributed by atoms with Crippen LogP contribution in [-0.4, -0.2) is 45.9 Å². The second-order valence-electron chi connectivity index (χ2n) is 7.44. The molecule has 2 aromatic carbocycles. The van der Waals surface area contributed by atoms with E-state index < -0.39 is 6.29 Å². The zero-order chi connectivity index (χ0) is 19.3. The first-order chi connectivity index (χ1) is 13.7. The van der Waals surface area contributed by atoms with Gasteiger partial charge in [-0.3, -0.25) is 10.00 Å². The second kappa shape index (κ2) is 8.73. The smallest absolute Gasteiger partial charge is 0.181 e. The highest BCUT2D eigenvalue weighted by atomic mass is 16.6. The predicted octanol–water partition coefficient (Wildman–Crippen LogP) is 3.67. The number of piperidine rings is 1. The van der Waals surface area contributed by atoms with Gasteiger partial charge < -0.3 is 15.2 Å². The Kier molecular flexibility index (Phi) is 5.90. The summed E-state index contributed by atoms with van der Waals surface area (Å²) in [5.41, 5.74) is 4.27. The molecule has 0 amide bonds. The van der Waals surface area contributed by atoms with Crippen LogP contribution in [0.25, 0.3) is 10.9 Å². The van der Waals surface area contributed by atoms with Gasteiger partial charge in [0.05, 0.1) is 11.7 Å². The van der Waals surface area contributed by atoms with Gasteiger partial charge in [0, 0.05) is 42.4 Å². The average Bonchev–Trinajstić information content (AvgIpc) is 3.17. The van der Waals surface area contributed by atoms with Crippen LogP contribution in [-0.2, 0) is 11.3 Å². The van der Waals surface area contributed by atoms with E-state index in [2.05, 4.69) is 50.7 Å². The maximum Gasteiger partial charge on any atom is 0.181 e. The molecule has 3 aromatic rings. The lowest BCUT2D eigenvalue weighted by Gasteiger charge is -2.33. The minimum absolute atomic E-state index is 0.442. The number of aliphatic hydroxyl groups excluding tert-OH is 1. The number of H-pyrrole nitrogens is 1. The number of fused-ring (bicyclic) bond motifs is 1. The summed E-state index contributed by atoms with van der Waals surface area (Å²) < 4.78 is 5.24. The largest absolute Gasteiger partial charge is 0.381 e. The van der Waals surface area contributed by atoms with Crippen LogP contribution >= 0.6 is 0 Å². The van der Waals surface area contributed by atoms with Crippen molar-refractivity contribution in [1.82, 2.24) is 15.1 Å². The van der Waals surface area contributed by atoms with E-state index in [-0.39, 0.29) is 0 Å². The van der Waals surface area contributed by atoms with Gasteiger partial charge in [0.1, 0.15) is 0 Å². The van der Waals surface area contributed by atoms with Crippen LogP contribution in [0.2, 0.25) is 0 Å². The topological polar surface area (TPSA) is 73.4 Å². The summed E-state index contributed by atoms with van der Waals surface area (Å²) in [4.78, 5) is 2.49. The van der Waals surface area contributed by atoms with Crippen LogP contribution in [0, 0.1) is 0 Å². The molecule has 1 saturated heterocycles. The van der Waals surface area contributed by atoms with Crippen LogP contribution < -0.4 is 5.32 Å². The first-order valence-corrected chi connectivity index (χ1v) is 10.0. The van der Waals surface area contributed by atoms with Gasteiger partial charge in [0.2, 0.25) is 0 Å². The Morgan fingerprint density at radius 3 is 2.96 bits per heavy atom. The highest BCUT2D eigenvalue weighted by Gasteiger charge is 2.20. The van der Waals surface area contributed by atoms with E-state index in [9.17, 15) is 5.11 Å². The highest BCUT2D eigenvalue weighted by molar-refractivity contribution is 5.81. The number of hydrogen-bond donors (Lipinski definition) is 3. The lowest BCUT2D eigenvalue weighted by Crippen LogP contribution is -2.41. The van der Waals surface area contributed by atoms with Gasteiger partial charge in [0.25, 0.3) is 0 Å². The van der Waals surface area contributed by atoms with Crippen molar-refractivity contribution in [2.75, 3.05) is 25.0 Å². The molecule has 148 valence electrons. The lowest BCUT2D eigenvalue weighted by molar-refractivity contribution is -0.0979. The predicted molar refractivity (Wildman–Crippen MR) is 111 cm³/mol. The van der Waals surface area contributed by atoms with Gasteiger partial charge in [-0.05, 0) is 50.1 Å². The summed E-state index contributed by atoms with van der Waals surface area (Å²) in [6.07, 6.45) is 3.39. The summed E-state index contributed by atoms with van der Waals surface area (Å²) in [6, 6.07) is 14.9. The number of nitrogens with one attached hydrogen (secondary N) is 2.